The van der Waals surface area contributed by atoms with Crippen LogP contribution in [0.5, 0.6) is 0 Å². The molecule has 0 bridgehead atoms. The summed E-state index contributed by atoms with van der Waals surface area (Å²) in [6.45, 7) is 1.54. The van der Waals surface area contributed by atoms with Crippen LogP contribution in [0, 0.1) is 0 Å². The summed E-state index contributed by atoms with van der Waals surface area (Å²) >= 11 is 0. The minimum atomic E-state index is -4.51. The molecule has 1 amide bonds. The van der Waals surface area contributed by atoms with Crippen LogP contribution in [0.2, 0.25) is 0 Å². The van der Waals surface area contributed by atoms with Crippen molar-refractivity contribution in [1.82, 2.24) is 5.43 Å². The third-order valence-electron chi connectivity index (χ3n) is 3.52. The van der Waals surface area contributed by atoms with Crippen molar-refractivity contribution in [2.45, 2.75) is 6.18 Å². The van der Waals surface area contributed by atoms with Crippen LogP contribution >= 0.6 is 0 Å². The molecule has 0 aliphatic carbocycles. The van der Waals surface area contributed by atoms with E-state index in [-0.39, 0.29) is 23.6 Å². The number of nitrogens with one attached hydrogen (secondary N) is 1. The van der Waals surface area contributed by atoms with E-state index in [1.54, 1.807) is 4.90 Å². The molecular formula is C15H18F3N3O3. The summed E-state index contributed by atoms with van der Waals surface area (Å²) < 4.78 is 50.6. The maximum absolute atomic E-state index is 13.5. The molecule has 132 valence electrons. The van der Waals surface area contributed by atoms with Crippen LogP contribution in [0.3, 0.4) is 0 Å². The minimum absolute atomic E-state index is 0.0327. The van der Waals surface area contributed by atoms with E-state index in [0.29, 0.717) is 32.7 Å². The predicted molar refractivity (Wildman–Crippen MR) is 82.1 cm³/mol. The summed E-state index contributed by atoms with van der Waals surface area (Å²) in [5.41, 5.74) is 1.87. The average Bonchev–Trinajstić information content (AvgIpc) is 2.58. The number of nitrogens with zero attached hydrogens (tertiary/aromatic N) is 2. The number of morpholine rings is 1. The van der Waals surface area contributed by atoms with E-state index in [9.17, 15) is 18.0 Å². The summed E-state index contributed by atoms with van der Waals surface area (Å²) in [7, 11) is 1.39. The van der Waals surface area contributed by atoms with Crippen LogP contribution in [0.25, 0.3) is 0 Å². The SMILES string of the molecule is COC/C(=N\NC=O)c1ccc(N2CCOCC2)c(C(F)(F)F)c1. The molecular weight excluding hydrogens is 327 g/mol. The maximum Gasteiger partial charge on any atom is 0.418 e. The van der Waals surface area contributed by atoms with Crippen LogP contribution < -0.4 is 10.3 Å². The van der Waals surface area contributed by atoms with Gasteiger partial charge in [0.15, 0.2) is 0 Å². The molecule has 1 N–H and O–H groups in total. The molecule has 0 spiro atoms. The van der Waals surface area contributed by atoms with Crippen molar-refractivity contribution in [1.29, 1.82) is 0 Å². The molecule has 6 nitrogen and oxygen atoms in total. The number of benzene rings is 1. The molecule has 2 rings (SSSR count). The Morgan fingerprint density at radius 1 is 1.42 bits per heavy atom. The Hall–Kier alpha value is -2.13. The first kappa shape index (κ1) is 18.2. The van der Waals surface area contributed by atoms with E-state index in [2.05, 4.69) is 10.5 Å². The topological polar surface area (TPSA) is 63.2 Å². The Kier molecular flexibility index (Phi) is 6.16. The molecule has 9 heteroatoms. The molecule has 1 aromatic carbocycles. The lowest BCUT2D eigenvalue weighted by molar-refractivity contribution is -0.137. The second-order valence-electron chi connectivity index (χ2n) is 5.07. The lowest BCUT2D eigenvalue weighted by Gasteiger charge is -2.31. The van der Waals surface area contributed by atoms with Crippen molar-refractivity contribution >= 4 is 17.8 Å². The van der Waals surface area contributed by atoms with Crippen molar-refractivity contribution in [3.63, 3.8) is 0 Å². The third kappa shape index (κ3) is 4.45. The summed E-state index contributed by atoms with van der Waals surface area (Å²) in [4.78, 5) is 12.0. The second kappa shape index (κ2) is 8.11. The quantitative estimate of drug-likeness (QED) is 0.484. The number of carbonyl (C=O) groups is 1. The zero-order valence-corrected chi connectivity index (χ0v) is 13.1. The number of hydrazone groups is 1. The highest BCUT2D eigenvalue weighted by Gasteiger charge is 2.35. The van der Waals surface area contributed by atoms with E-state index in [0.717, 1.165) is 6.07 Å². The van der Waals surface area contributed by atoms with Gasteiger partial charge in [0.05, 0.1) is 31.1 Å². The highest BCUT2D eigenvalue weighted by Crippen LogP contribution is 2.37. The number of hydrogen-bond acceptors (Lipinski definition) is 5. The molecule has 0 saturated carbocycles. The van der Waals surface area contributed by atoms with Gasteiger partial charge in [0.2, 0.25) is 6.41 Å². The van der Waals surface area contributed by atoms with Gasteiger partial charge in [-0.2, -0.15) is 18.3 Å². The maximum atomic E-state index is 13.5. The monoisotopic (exact) mass is 345 g/mol. The van der Waals surface area contributed by atoms with Gasteiger partial charge in [-0.15, -0.1) is 0 Å². The van der Waals surface area contributed by atoms with E-state index >= 15 is 0 Å². The predicted octanol–water partition coefficient (Wildman–Crippen LogP) is 1.64. The normalized spacial score (nSPS) is 16.2. The van der Waals surface area contributed by atoms with E-state index in [1.807, 2.05) is 0 Å². The van der Waals surface area contributed by atoms with Gasteiger partial charge in [0.25, 0.3) is 0 Å². The molecule has 0 aromatic heterocycles. The average molecular weight is 345 g/mol. The first-order valence-corrected chi connectivity index (χ1v) is 7.26. The summed E-state index contributed by atoms with van der Waals surface area (Å²) in [6.07, 6.45) is -4.18. The number of anilines is 1. The number of alkyl halides is 3. The van der Waals surface area contributed by atoms with Gasteiger partial charge in [0, 0.05) is 31.5 Å². The van der Waals surface area contributed by atoms with Crippen molar-refractivity contribution in [3.05, 3.63) is 29.3 Å². The molecule has 1 fully saturated rings. The number of carbonyl (C=O) groups excluding carboxylic acids is 1. The van der Waals surface area contributed by atoms with Gasteiger partial charge in [-0.25, -0.2) is 5.43 Å². The van der Waals surface area contributed by atoms with Gasteiger partial charge in [-0.3, -0.25) is 4.79 Å². The number of ether oxygens (including phenoxy) is 2. The Morgan fingerprint density at radius 3 is 2.71 bits per heavy atom. The Morgan fingerprint density at radius 2 is 2.12 bits per heavy atom. The van der Waals surface area contributed by atoms with Gasteiger partial charge < -0.3 is 14.4 Å². The Balaban J connectivity index is 2.43. The minimum Gasteiger partial charge on any atom is -0.378 e. The lowest BCUT2D eigenvalue weighted by Crippen LogP contribution is -2.37. The smallest absolute Gasteiger partial charge is 0.378 e. The zero-order chi connectivity index (χ0) is 17.6. The van der Waals surface area contributed by atoms with Gasteiger partial charge in [-0.1, -0.05) is 6.07 Å². The standard InChI is InChI=1S/C15H18F3N3O3/c1-23-9-13(20-19-10-22)11-2-3-14(12(8-11)15(16,17)18)21-4-6-24-7-5-21/h2-3,8,10H,4-7,9H2,1H3,(H,19,22)/b20-13+. The summed E-state index contributed by atoms with van der Waals surface area (Å²) in [6, 6.07) is 3.97. The van der Waals surface area contributed by atoms with Crippen molar-refractivity contribution < 1.29 is 27.4 Å². The van der Waals surface area contributed by atoms with Crippen LogP contribution in [0.1, 0.15) is 11.1 Å². The van der Waals surface area contributed by atoms with Crippen LogP contribution in [0.4, 0.5) is 18.9 Å². The molecule has 0 unspecified atom stereocenters. The van der Waals surface area contributed by atoms with Gasteiger partial charge in [0.1, 0.15) is 0 Å². The first-order chi connectivity index (χ1) is 11.5. The van der Waals surface area contributed by atoms with E-state index in [1.165, 1.54) is 19.2 Å². The molecule has 1 aliphatic rings. The molecule has 0 atom stereocenters. The van der Waals surface area contributed by atoms with Crippen molar-refractivity contribution in [3.8, 4) is 0 Å². The Labute approximate surface area is 137 Å². The lowest BCUT2D eigenvalue weighted by atomic mass is 10.0. The van der Waals surface area contributed by atoms with Crippen LogP contribution in [0.15, 0.2) is 23.3 Å². The summed E-state index contributed by atoms with van der Waals surface area (Å²) in [5.74, 6) is 0. The zero-order valence-electron chi connectivity index (χ0n) is 13.1. The van der Waals surface area contributed by atoms with Crippen molar-refractivity contribution in [2.24, 2.45) is 5.10 Å². The fourth-order valence-corrected chi connectivity index (χ4v) is 2.44. The number of methoxy groups -OCH3 is 1. The van der Waals surface area contributed by atoms with Gasteiger partial charge >= 0.3 is 6.18 Å². The highest BCUT2D eigenvalue weighted by atomic mass is 19.4. The number of hydrogen-bond donors (Lipinski definition) is 1. The molecule has 24 heavy (non-hydrogen) atoms. The highest BCUT2D eigenvalue weighted by molar-refractivity contribution is 6.02. The largest absolute Gasteiger partial charge is 0.418 e. The molecule has 1 saturated heterocycles. The number of rotatable bonds is 6. The molecule has 1 aromatic rings. The Bertz CT molecular complexity index is 599. The fourth-order valence-electron chi connectivity index (χ4n) is 2.44. The number of halogens is 3. The fraction of sp³-hybridized carbons (Fsp3) is 0.467. The number of amides is 1. The van der Waals surface area contributed by atoms with Gasteiger partial charge in [-0.05, 0) is 12.1 Å². The first-order valence-electron chi connectivity index (χ1n) is 7.26. The molecule has 1 aliphatic heterocycles. The summed E-state index contributed by atoms with van der Waals surface area (Å²) in [5, 5.41) is 3.74. The van der Waals surface area contributed by atoms with Crippen LogP contribution in [-0.2, 0) is 20.4 Å². The second-order valence-corrected chi connectivity index (χ2v) is 5.07. The third-order valence-corrected chi connectivity index (χ3v) is 3.52. The molecule has 0 radical (unpaired) electrons. The molecule has 1 heterocycles. The van der Waals surface area contributed by atoms with Crippen LogP contribution in [-0.4, -0.2) is 52.1 Å². The van der Waals surface area contributed by atoms with E-state index < -0.39 is 11.7 Å². The van der Waals surface area contributed by atoms with E-state index in [4.69, 9.17) is 9.47 Å². The van der Waals surface area contributed by atoms with Crippen molar-refractivity contribution in [2.75, 3.05) is 44.9 Å².